The first-order valence-electron chi connectivity index (χ1n) is 21.0. The highest BCUT2D eigenvalue weighted by Crippen LogP contribution is 2.56. The second kappa shape index (κ2) is 14.1. The lowest BCUT2D eigenvalue weighted by Gasteiger charge is -2.34. The first kappa shape index (κ1) is 35.1. The van der Waals surface area contributed by atoms with Gasteiger partial charge in [0.2, 0.25) is 0 Å². The molecule has 3 heteroatoms. The fraction of sp³-hybridized carbons (Fsp3) is 0.0345. The van der Waals surface area contributed by atoms with E-state index in [1.807, 2.05) is 0 Å². The van der Waals surface area contributed by atoms with Crippen LogP contribution in [0.5, 0.6) is 0 Å². The van der Waals surface area contributed by atoms with Crippen molar-refractivity contribution in [3.63, 3.8) is 0 Å². The Hall–Kier alpha value is -7.88. The molecule has 2 aliphatic rings. The zero-order chi connectivity index (χ0) is 40.3. The van der Waals surface area contributed by atoms with E-state index in [9.17, 15) is 0 Å². The van der Waals surface area contributed by atoms with Crippen molar-refractivity contribution in [1.29, 1.82) is 0 Å². The van der Waals surface area contributed by atoms with E-state index in [0.717, 1.165) is 28.1 Å². The Morgan fingerprint density at radius 1 is 0.377 bits per heavy atom. The minimum atomic E-state index is -0.524. The molecule has 0 fully saturated rings. The van der Waals surface area contributed by atoms with Gasteiger partial charge in [0, 0.05) is 11.1 Å². The molecule has 10 aromatic rings. The Kier molecular flexibility index (Phi) is 8.14. The minimum Gasteiger partial charge on any atom is -0.344 e. The van der Waals surface area contributed by atoms with Gasteiger partial charge < -0.3 is 5.32 Å². The molecule has 286 valence electrons. The number of amidine groups is 2. The van der Waals surface area contributed by atoms with Crippen LogP contribution in [0, 0.1) is 0 Å². The Morgan fingerprint density at radius 2 is 0.967 bits per heavy atom. The average Bonchev–Trinajstić information content (AvgIpc) is 3.64. The van der Waals surface area contributed by atoms with E-state index in [4.69, 9.17) is 9.98 Å². The quantitative estimate of drug-likeness (QED) is 0.168. The van der Waals surface area contributed by atoms with Crippen molar-refractivity contribution in [2.45, 2.75) is 11.6 Å². The SMILES string of the molecule is c1ccc(C2(c3ccccc3)c3ccccc3-c3ccc(C4=NC(c5ccc6c(ccc7ccccc76)c5)NC(c5ccc(-c6ccc7ccccc7c6)cc5)=N4)cc32)cc1. The molecule has 1 unspecified atom stereocenters. The van der Waals surface area contributed by atoms with Gasteiger partial charge in [0.25, 0.3) is 0 Å². The van der Waals surface area contributed by atoms with Gasteiger partial charge in [-0.3, -0.25) is 0 Å². The molecule has 0 radical (unpaired) electrons. The third-order valence-corrected chi connectivity index (χ3v) is 12.8. The number of nitrogens with zero attached hydrogens (tertiary/aromatic N) is 2. The van der Waals surface area contributed by atoms with E-state index in [2.05, 4.69) is 230 Å². The summed E-state index contributed by atoms with van der Waals surface area (Å²) in [5.74, 6) is 1.49. The van der Waals surface area contributed by atoms with Gasteiger partial charge in [-0.15, -0.1) is 0 Å². The number of fused-ring (bicyclic) bond motifs is 7. The number of aliphatic imine (C=N–C) groups is 2. The van der Waals surface area contributed by atoms with Crippen LogP contribution in [0.3, 0.4) is 0 Å². The zero-order valence-corrected chi connectivity index (χ0v) is 33.3. The highest BCUT2D eigenvalue weighted by Gasteiger charge is 2.46. The Balaban J connectivity index is 1.02. The van der Waals surface area contributed by atoms with Crippen LogP contribution in [0.25, 0.3) is 54.6 Å². The molecule has 0 saturated carbocycles. The van der Waals surface area contributed by atoms with E-state index < -0.39 is 5.41 Å². The first-order valence-corrected chi connectivity index (χ1v) is 21.0. The summed E-state index contributed by atoms with van der Waals surface area (Å²) in [6.07, 6.45) is -0.364. The molecule has 1 heterocycles. The van der Waals surface area contributed by atoms with Crippen molar-refractivity contribution in [2.75, 3.05) is 0 Å². The van der Waals surface area contributed by atoms with E-state index >= 15 is 0 Å². The summed E-state index contributed by atoms with van der Waals surface area (Å²) in [5, 5.41) is 11.1. The number of hydrogen-bond acceptors (Lipinski definition) is 3. The standard InChI is InChI=1S/C58H39N3/c1-3-16-47(17-4-1)58(48-18-5-2-6-19-48)53-22-12-11-21-51(53)52-34-32-46(37-54(52)58)57-60-55(41-27-23-39(24-28-41)43-29-25-38-13-7-8-15-42(38)35-43)59-56(61-57)45-31-33-50-44(36-45)30-26-40-14-9-10-20-49(40)50/h1-37,56H,(H,59,60,61). The predicted octanol–water partition coefficient (Wildman–Crippen LogP) is 13.7. The topological polar surface area (TPSA) is 36.8 Å². The molecule has 0 bridgehead atoms. The number of nitrogens with one attached hydrogen (secondary N) is 1. The van der Waals surface area contributed by atoms with Crippen LogP contribution in [0.15, 0.2) is 234 Å². The van der Waals surface area contributed by atoms with Crippen LogP contribution < -0.4 is 5.32 Å². The highest BCUT2D eigenvalue weighted by atomic mass is 15.2. The molecule has 1 aliphatic heterocycles. The third-order valence-electron chi connectivity index (χ3n) is 12.8. The molecule has 0 aromatic heterocycles. The summed E-state index contributed by atoms with van der Waals surface area (Å²) in [7, 11) is 0. The Bertz CT molecular complexity index is 3340. The summed E-state index contributed by atoms with van der Waals surface area (Å²) in [5.41, 5.74) is 12.3. The molecule has 1 N–H and O–H groups in total. The summed E-state index contributed by atoms with van der Waals surface area (Å²) in [6, 6.07) is 81.3. The van der Waals surface area contributed by atoms with Gasteiger partial charge >= 0.3 is 0 Å². The lowest BCUT2D eigenvalue weighted by molar-refractivity contribution is 0.675. The molecule has 0 saturated heterocycles. The molecule has 3 nitrogen and oxygen atoms in total. The van der Waals surface area contributed by atoms with Crippen LogP contribution in [0.4, 0.5) is 0 Å². The fourth-order valence-electron chi connectivity index (χ4n) is 9.87. The van der Waals surface area contributed by atoms with Crippen LogP contribution >= 0.6 is 0 Å². The van der Waals surface area contributed by atoms with Crippen molar-refractivity contribution >= 4 is 44.0 Å². The number of hydrogen-bond donors (Lipinski definition) is 1. The first-order chi connectivity index (χ1) is 30.2. The Morgan fingerprint density at radius 3 is 1.77 bits per heavy atom. The van der Waals surface area contributed by atoms with Gasteiger partial charge in [-0.25, -0.2) is 9.98 Å². The smallest absolute Gasteiger partial charge is 0.159 e. The van der Waals surface area contributed by atoms with Gasteiger partial charge in [-0.2, -0.15) is 0 Å². The monoisotopic (exact) mass is 777 g/mol. The number of rotatable bonds is 6. The Labute approximate surface area is 355 Å². The van der Waals surface area contributed by atoms with Crippen LogP contribution in [-0.4, -0.2) is 11.7 Å². The normalized spacial score (nSPS) is 15.2. The maximum absolute atomic E-state index is 5.45. The maximum Gasteiger partial charge on any atom is 0.159 e. The summed E-state index contributed by atoms with van der Waals surface area (Å²) >= 11 is 0. The second-order valence-corrected chi connectivity index (χ2v) is 16.2. The molecular formula is C58H39N3. The summed E-state index contributed by atoms with van der Waals surface area (Å²) < 4.78 is 0. The van der Waals surface area contributed by atoms with Crippen molar-refractivity contribution in [3.8, 4) is 22.3 Å². The van der Waals surface area contributed by atoms with Gasteiger partial charge in [0.1, 0.15) is 12.0 Å². The minimum absolute atomic E-state index is 0.364. The van der Waals surface area contributed by atoms with Crippen LogP contribution in [0.1, 0.15) is 45.1 Å². The van der Waals surface area contributed by atoms with E-state index in [1.165, 1.54) is 71.3 Å². The third kappa shape index (κ3) is 5.73. The van der Waals surface area contributed by atoms with E-state index in [-0.39, 0.29) is 6.17 Å². The molecule has 12 rings (SSSR count). The van der Waals surface area contributed by atoms with Crippen molar-refractivity contribution in [3.05, 3.63) is 263 Å². The summed E-state index contributed by atoms with van der Waals surface area (Å²) in [4.78, 5) is 10.8. The second-order valence-electron chi connectivity index (χ2n) is 16.2. The lowest BCUT2D eigenvalue weighted by atomic mass is 9.67. The molecule has 61 heavy (non-hydrogen) atoms. The van der Waals surface area contributed by atoms with Gasteiger partial charge in [0.15, 0.2) is 5.84 Å². The van der Waals surface area contributed by atoms with Crippen LogP contribution in [0.2, 0.25) is 0 Å². The van der Waals surface area contributed by atoms with E-state index in [1.54, 1.807) is 0 Å². The van der Waals surface area contributed by atoms with Crippen molar-refractivity contribution < 1.29 is 0 Å². The van der Waals surface area contributed by atoms with Crippen molar-refractivity contribution in [2.24, 2.45) is 9.98 Å². The molecule has 10 aromatic carbocycles. The van der Waals surface area contributed by atoms with Gasteiger partial charge in [0.05, 0.1) is 5.41 Å². The largest absolute Gasteiger partial charge is 0.344 e. The molecule has 0 spiro atoms. The molecule has 1 aliphatic carbocycles. The fourth-order valence-corrected chi connectivity index (χ4v) is 9.87. The predicted molar refractivity (Wildman–Crippen MR) is 254 cm³/mol. The summed E-state index contributed by atoms with van der Waals surface area (Å²) in [6.45, 7) is 0. The lowest BCUT2D eigenvalue weighted by Crippen LogP contribution is -2.33. The number of benzene rings is 10. The maximum atomic E-state index is 5.45. The van der Waals surface area contributed by atoms with Gasteiger partial charge in [-0.05, 0) is 101 Å². The van der Waals surface area contributed by atoms with E-state index in [0.29, 0.717) is 5.84 Å². The van der Waals surface area contributed by atoms with Crippen molar-refractivity contribution in [1.82, 2.24) is 5.32 Å². The molecular weight excluding hydrogens is 739 g/mol. The van der Waals surface area contributed by atoms with Crippen LogP contribution in [-0.2, 0) is 5.41 Å². The zero-order valence-electron chi connectivity index (χ0n) is 33.3. The molecule has 1 atom stereocenters. The molecule has 0 amide bonds. The highest BCUT2D eigenvalue weighted by molar-refractivity contribution is 6.14. The van der Waals surface area contributed by atoms with Gasteiger partial charge in [-0.1, -0.05) is 206 Å². The average molecular weight is 778 g/mol.